The first kappa shape index (κ1) is 10.6. The van der Waals surface area contributed by atoms with E-state index in [2.05, 4.69) is 20.8 Å². The van der Waals surface area contributed by atoms with Crippen molar-refractivity contribution in [2.24, 2.45) is 17.3 Å². The van der Waals surface area contributed by atoms with Crippen LogP contribution in [-0.2, 0) is 4.79 Å². The second kappa shape index (κ2) is 3.69. The van der Waals surface area contributed by atoms with Gasteiger partial charge in [0.1, 0.15) is 0 Å². The second-order valence-electron chi connectivity index (χ2n) is 5.20. The summed E-state index contributed by atoms with van der Waals surface area (Å²) in [6, 6.07) is 0. The summed E-state index contributed by atoms with van der Waals surface area (Å²) >= 11 is 0. The molecule has 0 aromatic carbocycles. The standard InChI is InChI=1S/C11H20O2/c1-11(2,3)9-7-5-4-6-8(9)10(12)13/h8-9H,4-7H2,1-3H3,(H,12,13)/t8-,9-/m1/s1. The largest absolute Gasteiger partial charge is 0.481 e. The highest BCUT2D eigenvalue weighted by Gasteiger charge is 2.37. The summed E-state index contributed by atoms with van der Waals surface area (Å²) in [6.07, 6.45) is 4.24. The minimum absolute atomic E-state index is 0.103. The fourth-order valence-corrected chi connectivity index (χ4v) is 2.46. The van der Waals surface area contributed by atoms with E-state index in [0.717, 1.165) is 19.3 Å². The minimum Gasteiger partial charge on any atom is -0.481 e. The van der Waals surface area contributed by atoms with Crippen LogP contribution in [0, 0.1) is 17.3 Å². The zero-order valence-electron chi connectivity index (χ0n) is 8.84. The Morgan fingerprint density at radius 3 is 2.15 bits per heavy atom. The average Bonchev–Trinajstić information content (AvgIpc) is 2.03. The Hall–Kier alpha value is -0.530. The Bertz CT molecular complexity index is 191. The van der Waals surface area contributed by atoms with Gasteiger partial charge in [0.05, 0.1) is 5.92 Å². The highest BCUT2D eigenvalue weighted by Crippen LogP contribution is 2.41. The van der Waals surface area contributed by atoms with E-state index in [0.29, 0.717) is 5.92 Å². The molecule has 0 aromatic heterocycles. The van der Waals surface area contributed by atoms with Crippen molar-refractivity contribution in [3.8, 4) is 0 Å². The number of carbonyl (C=O) groups is 1. The Morgan fingerprint density at radius 1 is 1.23 bits per heavy atom. The number of aliphatic carboxylic acids is 1. The van der Waals surface area contributed by atoms with Gasteiger partial charge < -0.3 is 5.11 Å². The number of carboxylic acid groups (broad SMARTS) is 1. The van der Waals surface area contributed by atoms with E-state index in [1.807, 2.05) is 0 Å². The molecule has 0 unspecified atom stereocenters. The van der Waals surface area contributed by atoms with E-state index in [-0.39, 0.29) is 11.3 Å². The monoisotopic (exact) mass is 184 g/mol. The minimum atomic E-state index is -0.598. The molecular formula is C11H20O2. The summed E-state index contributed by atoms with van der Waals surface area (Å²) in [5, 5.41) is 9.07. The van der Waals surface area contributed by atoms with Crippen molar-refractivity contribution >= 4 is 5.97 Å². The third-order valence-electron chi connectivity index (χ3n) is 3.20. The lowest BCUT2D eigenvalue weighted by molar-refractivity contribution is -0.147. The summed E-state index contributed by atoms with van der Waals surface area (Å²) < 4.78 is 0. The maximum atomic E-state index is 11.0. The zero-order chi connectivity index (χ0) is 10.1. The van der Waals surface area contributed by atoms with Gasteiger partial charge in [0, 0.05) is 0 Å². The quantitative estimate of drug-likeness (QED) is 0.680. The topological polar surface area (TPSA) is 37.3 Å². The lowest BCUT2D eigenvalue weighted by Crippen LogP contribution is -2.35. The molecule has 1 fully saturated rings. The van der Waals surface area contributed by atoms with Crippen LogP contribution >= 0.6 is 0 Å². The molecule has 0 bridgehead atoms. The average molecular weight is 184 g/mol. The van der Waals surface area contributed by atoms with Crippen LogP contribution in [0.1, 0.15) is 46.5 Å². The van der Waals surface area contributed by atoms with Crippen LogP contribution < -0.4 is 0 Å². The van der Waals surface area contributed by atoms with Gasteiger partial charge in [-0.2, -0.15) is 0 Å². The first-order valence-electron chi connectivity index (χ1n) is 5.15. The predicted octanol–water partition coefficient (Wildman–Crippen LogP) is 2.92. The van der Waals surface area contributed by atoms with Gasteiger partial charge in [-0.3, -0.25) is 4.79 Å². The molecule has 0 radical (unpaired) electrons. The van der Waals surface area contributed by atoms with Crippen molar-refractivity contribution in [3.05, 3.63) is 0 Å². The normalized spacial score (nSPS) is 30.1. The molecule has 2 atom stereocenters. The molecule has 76 valence electrons. The zero-order valence-corrected chi connectivity index (χ0v) is 8.84. The van der Waals surface area contributed by atoms with Crippen molar-refractivity contribution < 1.29 is 9.90 Å². The third-order valence-corrected chi connectivity index (χ3v) is 3.20. The number of carboxylic acids is 1. The molecule has 1 rings (SSSR count). The van der Waals surface area contributed by atoms with Crippen LogP contribution in [0.15, 0.2) is 0 Å². The van der Waals surface area contributed by atoms with Crippen LogP contribution in [0.2, 0.25) is 0 Å². The summed E-state index contributed by atoms with van der Waals surface area (Å²) in [5.74, 6) is -0.341. The van der Waals surface area contributed by atoms with Crippen molar-refractivity contribution in [3.63, 3.8) is 0 Å². The Kier molecular flexibility index (Phi) is 2.99. The maximum absolute atomic E-state index is 11.0. The fraction of sp³-hybridized carbons (Fsp3) is 0.909. The van der Waals surface area contributed by atoms with Crippen LogP contribution in [0.4, 0.5) is 0 Å². The maximum Gasteiger partial charge on any atom is 0.306 e. The van der Waals surface area contributed by atoms with Crippen LogP contribution in [0.5, 0.6) is 0 Å². The van der Waals surface area contributed by atoms with Gasteiger partial charge in [-0.05, 0) is 24.2 Å². The molecule has 0 saturated heterocycles. The van der Waals surface area contributed by atoms with Gasteiger partial charge in [0.15, 0.2) is 0 Å². The lowest BCUT2D eigenvalue weighted by atomic mass is 9.66. The lowest BCUT2D eigenvalue weighted by Gasteiger charge is -2.38. The molecule has 2 nitrogen and oxygen atoms in total. The number of hydrogen-bond acceptors (Lipinski definition) is 1. The van der Waals surface area contributed by atoms with Crippen LogP contribution in [0.25, 0.3) is 0 Å². The molecule has 2 heteroatoms. The smallest absolute Gasteiger partial charge is 0.306 e. The van der Waals surface area contributed by atoms with Crippen molar-refractivity contribution in [2.75, 3.05) is 0 Å². The molecule has 0 heterocycles. The van der Waals surface area contributed by atoms with E-state index in [1.54, 1.807) is 0 Å². The molecule has 0 amide bonds. The Balaban J connectivity index is 2.73. The van der Waals surface area contributed by atoms with E-state index >= 15 is 0 Å². The summed E-state index contributed by atoms with van der Waals surface area (Å²) in [7, 11) is 0. The van der Waals surface area contributed by atoms with Gasteiger partial charge in [-0.25, -0.2) is 0 Å². The van der Waals surface area contributed by atoms with E-state index in [1.165, 1.54) is 6.42 Å². The van der Waals surface area contributed by atoms with Gasteiger partial charge in [-0.15, -0.1) is 0 Å². The van der Waals surface area contributed by atoms with E-state index in [4.69, 9.17) is 5.11 Å². The van der Waals surface area contributed by atoms with Crippen LogP contribution in [0.3, 0.4) is 0 Å². The molecule has 1 saturated carbocycles. The molecule has 13 heavy (non-hydrogen) atoms. The molecule has 0 aromatic rings. The highest BCUT2D eigenvalue weighted by molar-refractivity contribution is 5.70. The summed E-state index contributed by atoms with van der Waals surface area (Å²) in [4.78, 5) is 11.0. The van der Waals surface area contributed by atoms with E-state index in [9.17, 15) is 4.79 Å². The van der Waals surface area contributed by atoms with Gasteiger partial charge in [0.2, 0.25) is 0 Å². The highest BCUT2D eigenvalue weighted by atomic mass is 16.4. The van der Waals surface area contributed by atoms with E-state index < -0.39 is 5.97 Å². The van der Waals surface area contributed by atoms with Crippen molar-refractivity contribution in [2.45, 2.75) is 46.5 Å². The molecule has 1 aliphatic carbocycles. The van der Waals surface area contributed by atoms with Gasteiger partial charge in [0.25, 0.3) is 0 Å². The molecule has 0 aliphatic heterocycles. The SMILES string of the molecule is CC(C)(C)[C@@H]1CCCC[C@H]1C(=O)O. The summed E-state index contributed by atoms with van der Waals surface area (Å²) in [5.41, 5.74) is 0.142. The van der Waals surface area contributed by atoms with Gasteiger partial charge >= 0.3 is 5.97 Å². The van der Waals surface area contributed by atoms with Crippen molar-refractivity contribution in [1.82, 2.24) is 0 Å². The third kappa shape index (κ3) is 2.45. The Morgan fingerprint density at radius 2 is 1.77 bits per heavy atom. The predicted molar refractivity (Wildman–Crippen MR) is 52.5 cm³/mol. The molecular weight excluding hydrogens is 164 g/mol. The second-order valence-corrected chi connectivity index (χ2v) is 5.20. The first-order chi connectivity index (χ1) is 5.93. The molecule has 1 aliphatic rings. The molecule has 1 N–H and O–H groups in total. The number of hydrogen-bond donors (Lipinski definition) is 1. The first-order valence-corrected chi connectivity index (χ1v) is 5.15. The fourth-order valence-electron chi connectivity index (χ4n) is 2.46. The molecule has 0 spiro atoms. The summed E-state index contributed by atoms with van der Waals surface area (Å²) in [6.45, 7) is 6.46. The van der Waals surface area contributed by atoms with Crippen molar-refractivity contribution in [1.29, 1.82) is 0 Å². The number of rotatable bonds is 1. The van der Waals surface area contributed by atoms with Crippen LogP contribution in [-0.4, -0.2) is 11.1 Å². The van der Waals surface area contributed by atoms with Gasteiger partial charge in [-0.1, -0.05) is 33.6 Å². The Labute approximate surface area is 80.3 Å².